The van der Waals surface area contributed by atoms with Crippen molar-refractivity contribution in [2.75, 3.05) is 0 Å². The van der Waals surface area contributed by atoms with Crippen LogP contribution in [0.3, 0.4) is 0 Å². The second kappa shape index (κ2) is 9.05. The number of carbonyl (C=O) groups excluding carboxylic acids is 1. The number of nitrogens with zero attached hydrogens (tertiary/aromatic N) is 3. The van der Waals surface area contributed by atoms with Crippen molar-refractivity contribution in [3.63, 3.8) is 0 Å². The van der Waals surface area contributed by atoms with Gasteiger partial charge in [-0.3, -0.25) is 0 Å². The van der Waals surface area contributed by atoms with Crippen LogP contribution in [0.2, 0.25) is 0 Å². The first-order chi connectivity index (χ1) is 15.7. The monoisotopic (exact) mass is 464 g/mol. The molecule has 2 aromatic heterocycles. The zero-order valence-corrected chi connectivity index (χ0v) is 19.1. The van der Waals surface area contributed by atoms with E-state index in [0.717, 1.165) is 22.6 Å². The van der Waals surface area contributed by atoms with Crippen molar-refractivity contribution in [1.29, 1.82) is 0 Å². The lowest BCUT2D eigenvalue weighted by Crippen LogP contribution is -2.12. The molecule has 0 saturated carbocycles. The molecule has 0 bridgehead atoms. The summed E-state index contributed by atoms with van der Waals surface area (Å²) in [7, 11) is -3.73. The standard InChI is InChI=1S/C24H24N4O4S/c1-17-14-23(18(2)27(17)15-19-8-10-22(11-9-19)33(25,30)31)24(29)32-16-20-12-13-28(26-20)21-6-4-3-5-7-21/h3-14H,15-16H2,1-2H3,(H2,25,30,31). The van der Waals surface area contributed by atoms with Crippen LogP contribution >= 0.6 is 0 Å². The number of aryl methyl sites for hydroxylation is 1. The van der Waals surface area contributed by atoms with Crippen molar-refractivity contribution in [2.45, 2.75) is 31.9 Å². The minimum absolute atomic E-state index is 0.0613. The highest BCUT2D eigenvalue weighted by atomic mass is 32.2. The van der Waals surface area contributed by atoms with Gasteiger partial charge >= 0.3 is 5.97 Å². The summed E-state index contributed by atoms with van der Waals surface area (Å²) in [5.74, 6) is -0.423. The number of hydrogen-bond donors (Lipinski definition) is 1. The average molecular weight is 465 g/mol. The van der Waals surface area contributed by atoms with E-state index in [1.165, 1.54) is 12.1 Å². The van der Waals surface area contributed by atoms with Crippen molar-refractivity contribution < 1.29 is 17.9 Å². The average Bonchev–Trinajstić information content (AvgIpc) is 3.38. The summed E-state index contributed by atoms with van der Waals surface area (Å²) in [5, 5.41) is 9.61. The highest BCUT2D eigenvalue weighted by molar-refractivity contribution is 7.89. The van der Waals surface area contributed by atoms with E-state index < -0.39 is 16.0 Å². The summed E-state index contributed by atoms with van der Waals surface area (Å²) in [6.45, 7) is 4.31. The molecule has 9 heteroatoms. The highest BCUT2D eigenvalue weighted by Crippen LogP contribution is 2.19. The minimum atomic E-state index is -3.73. The van der Waals surface area contributed by atoms with Crippen LogP contribution in [-0.2, 0) is 27.9 Å². The lowest BCUT2D eigenvalue weighted by molar-refractivity contribution is 0.0466. The molecule has 2 heterocycles. The molecule has 8 nitrogen and oxygen atoms in total. The topological polar surface area (TPSA) is 109 Å². The van der Waals surface area contributed by atoms with Crippen molar-refractivity contribution >= 4 is 16.0 Å². The zero-order chi connectivity index (χ0) is 23.6. The lowest BCUT2D eigenvalue weighted by Gasteiger charge is -2.10. The molecule has 0 radical (unpaired) electrons. The number of ether oxygens (including phenoxy) is 1. The first kappa shape index (κ1) is 22.5. The van der Waals surface area contributed by atoms with Gasteiger partial charge in [-0.1, -0.05) is 30.3 Å². The third-order valence-corrected chi connectivity index (χ3v) is 6.33. The van der Waals surface area contributed by atoms with Gasteiger partial charge in [-0.25, -0.2) is 23.0 Å². The Morgan fingerprint density at radius 2 is 1.73 bits per heavy atom. The van der Waals surface area contributed by atoms with Crippen molar-refractivity contribution in [2.24, 2.45) is 5.14 Å². The quantitative estimate of drug-likeness (QED) is 0.422. The molecule has 2 aromatic carbocycles. The van der Waals surface area contributed by atoms with Crippen LogP contribution in [0.25, 0.3) is 5.69 Å². The Kier molecular flexibility index (Phi) is 6.17. The normalized spacial score (nSPS) is 11.5. The third kappa shape index (κ3) is 5.05. The maximum atomic E-state index is 12.7. The Bertz CT molecular complexity index is 1390. The van der Waals surface area contributed by atoms with Gasteiger partial charge in [0, 0.05) is 24.1 Å². The van der Waals surface area contributed by atoms with Crippen molar-refractivity contribution in [1.82, 2.24) is 14.3 Å². The molecule has 170 valence electrons. The molecule has 2 N–H and O–H groups in total. The number of primary sulfonamides is 1. The van der Waals surface area contributed by atoms with Crippen LogP contribution in [-0.4, -0.2) is 28.7 Å². The first-order valence-corrected chi connectivity index (χ1v) is 11.8. The molecular formula is C24H24N4O4S. The number of esters is 1. The predicted molar refractivity (Wildman–Crippen MR) is 124 cm³/mol. The first-order valence-electron chi connectivity index (χ1n) is 10.3. The van der Waals surface area contributed by atoms with Gasteiger partial charge in [0.2, 0.25) is 10.0 Å². The molecule has 0 aliphatic carbocycles. The Hall–Kier alpha value is -3.69. The molecule has 33 heavy (non-hydrogen) atoms. The van der Waals surface area contributed by atoms with Crippen LogP contribution in [0.1, 0.15) is 33.0 Å². The third-order valence-electron chi connectivity index (χ3n) is 5.40. The molecule has 0 aliphatic rings. The molecule has 0 aliphatic heterocycles. The van der Waals surface area contributed by atoms with Crippen LogP contribution in [0.4, 0.5) is 0 Å². The number of hydrogen-bond acceptors (Lipinski definition) is 5. The van der Waals surface area contributed by atoms with Gasteiger partial charge in [0.1, 0.15) is 12.3 Å². The Balaban J connectivity index is 1.44. The number of sulfonamides is 1. The number of rotatable bonds is 7. The Morgan fingerprint density at radius 3 is 2.39 bits per heavy atom. The van der Waals surface area contributed by atoms with Gasteiger partial charge in [-0.15, -0.1) is 0 Å². The number of carbonyl (C=O) groups is 1. The van der Waals surface area contributed by atoms with E-state index in [1.807, 2.05) is 61.0 Å². The molecule has 0 unspecified atom stereocenters. The van der Waals surface area contributed by atoms with Crippen molar-refractivity contribution in [3.8, 4) is 5.69 Å². The molecule has 4 aromatic rings. The molecule has 0 atom stereocenters. The summed E-state index contributed by atoms with van der Waals surface area (Å²) in [6.07, 6.45) is 1.82. The van der Waals surface area contributed by atoms with E-state index in [4.69, 9.17) is 9.88 Å². The lowest BCUT2D eigenvalue weighted by atomic mass is 10.2. The fourth-order valence-electron chi connectivity index (χ4n) is 3.60. The Labute approximate surface area is 192 Å². The molecular weight excluding hydrogens is 440 g/mol. The second-order valence-electron chi connectivity index (χ2n) is 7.72. The van der Waals surface area contributed by atoms with Gasteiger partial charge < -0.3 is 9.30 Å². The Morgan fingerprint density at radius 1 is 1.03 bits per heavy atom. The number of nitrogens with two attached hydrogens (primary N) is 1. The fourth-order valence-corrected chi connectivity index (χ4v) is 4.11. The summed E-state index contributed by atoms with van der Waals surface area (Å²) < 4.78 is 32.1. The molecule has 0 saturated heterocycles. The van der Waals surface area contributed by atoms with Crippen LogP contribution in [0.5, 0.6) is 0 Å². The smallest absolute Gasteiger partial charge is 0.340 e. The van der Waals surface area contributed by atoms with Gasteiger partial charge in [0.25, 0.3) is 0 Å². The van der Waals surface area contributed by atoms with Crippen LogP contribution in [0, 0.1) is 13.8 Å². The largest absolute Gasteiger partial charge is 0.455 e. The van der Waals surface area contributed by atoms with Crippen LogP contribution < -0.4 is 5.14 Å². The van der Waals surface area contributed by atoms with Crippen LogP contribution in [0.15, 0.2) is 77.8 Å². The van der Waals surface area contributed by atoms with Gasteiger partial charge in [0.05, 0.1) is 16.1 Å². The maximum absolute atomic E-state index is 12.7. The van der Waals surface area contributed by atoms with Gasteiger partial charge in [-0.2, -0.15) is 5.10 Å². The number of benzene rings is 2. The SMILES string of the molecule is Cc1cc(C(=O)OCc2ccn(-c3ccccc3)n2)c(C)n1Cc1ccc(S(N)(=O)=O)cc1. The van der Waals surface area contributed by atoms with E-state index in [-0.39, 0.29) is 11.5 Å². The van der Waals surface area contributed by atoms with E-state index in [2.05, 4.69) is 5.10 Å². The molecule has 0 spiro atoms. The van der Waals surface area contributed by atoms with E-state index in [9.17, 15) is 13.2 Å². The zero-order valence-electron chi connectivity index (χ0n) is 18.3. The molecule has 0 amide bonds. The number of aromatic nitrogens is 3. The van der Waals surface area contributed by atoms with Gasteiger partial charge in [-0.05, 0) is 55.8 Å². The van der Waals surface area contributed by atoms with E-state index in [1.54, 1.807) is 22.9 Å². The van der Waals surface area contributed by atoms with E-state index >= 15 is 0 Å². The van der Waals surface area contributed by atoms with E-state index in [0.29, 0.717) is 17.8 Å². The maximum Gasteiger partial charge on any atom is 0.340 e. The predicted octanol–water partition coefficient (Wildman–Crippen LogP) is 3.34. The summed E-state index contributed by atoms with van der Waals surface area (Å²) in [4.78, 5) is 12.8. The summed E-state index contributed by atoms with van der Waals surface area (Å²) in [6, 6.07) is 19.7. The summed E-state index contributed by atoms with van der Waals surface area (Å²) in [5.41, 5.74) is 4.60. The second-order valence-corrected chi connectivity index (χ2v) is 9.28. The van der Waals surface area contributed by atoms with Gasteiger partial charge in [0.15, 0.2) is 0 Å². The highest BCUT2D eigenvalue weighted by Gasteiger charge is 2.18. The van der Waals surface area contributed by atoms with Crippen molar-refractivity contribution in [3.05, 3.63) is 101 Å². The molecule has 0 fully saturated rings. The molecule has 4 rings (SSSR count). The minimum Gasteiger partial charge on any atom is -0.455 e. The number of para-hydroxylation sites is 1. The summed E-state index contributed by atoms with van der Waals surface area (Å²) >= 11 is 0. The fraction of sp³-hybridized carbons (Fsp3) is 0.167.